The summed E-state index contributed by atoms with van der Waals surface area (Å²) in [5.41, 5.74) is 0.726. The van der Waals surface area contributed by atoms with Gasteiger partial charge in [-0.3, -0.25) is 0 Å². The lowest BCUT2D eigenvalue weighted by atomic mass is 10.3. The zero-order valence-electron chi connectivity index (χ0n) is 8.38. The Morgan fingerprint density at radius 3 is 2.71 bits per heavy atom. The molecule has 2 aromatic rings. The fraction of sp³-hybridized carbons (Fsp3) is 0.111. The molecule has 0 fully saturated rings. The fourth-order valence-corrected chi connectivity index (χ4v) is 2.23. The van der Waals surface area contributed by atoms with Gasteiger partial charge < -0.3 is 14.3 Å². The molecule has 1 N–H and O–H groups in total. The van der Waals surface area contributed by atoms with Crippen molar-refractivity contribution in [2.75, 3.05) is 6.26 Å². The number of carbonyl (C=O) groups excluding carboxylic acids is 1. The van der Waals surface area contributed by atoms with Gasteiger partial charge in [-0.15, -0.1) is 0 Å². The molecule has 2 aromatic heterocycles. The molecule has 3 rings (SSSR count). The van der Waals surface area contributed by atoms with Crippen molar-refractivity contribution in [1.29, 1.82) is 0 Å². The van der Waals surface area contributed by atoms with Crippen molar-refractivity contribution in [3.63, 3.8) is 0 Å². The number of carbonyl (C=O) groups is 1. The molecular formula is C9H4N2O4S2. The third-order valence-corrected chi connectivity index (χ3v) is 3.16. The van der Waals surface area contributed by atoms with Crippen molar-refractivity contribution in [2.24, 2.45) is 0 Å². The summed E-state index contributed by atoms with van der Waals surface area (Å²) in [7, 11) is 0. The number of aromatic hydroxyl groups is 1. The first-order valence-corrected chi connectivity index (χ1v) is 6.09. The number of aromatic nitrogens is 2. The molecule has 8 heteroatoms. The smallest absolute Gasteiger partial charge is 0.365 e. The molecule has 0 saturated heterocycles. The molecule has 0 spiro atoms. The van der Waals surface area contributed by atoms with Crippen LogP contribution >= 0.6 is 24.0 Å². The van der Waals surface area contributed by atoms with Crippen molar-refractivity contribution < 1.29 is 19.1 Å². The van der Waals surface area contributed by atoms with Crippen LogP contribution < -0.4 is 0 Å². The third kappa shape index (κ3) is 1.34. The van der Waals surface area contributed by atoms with Crippen LogP contribution in [0.15, 0.2) is 9.51 Å². The fourth-order valence-electron chi connectivity index (χ4n) is 1.52. The van der Waals surface area contributed by atoms with Gasteiger partial charge in [0.2, 0.25) is 5.05 Å². The van der Waals surface area contributed by atoms with Gasteiger partial charge in [0.1, 0.15) is 5.52 Å². The van der Waals surface area contributed by atoms with Crippen LogP contribution in [0.25, 0.3) is 11.0 Å². The highest BCUT2D eigenvalue weighted by Gasteiger charge is 2.32. The number of fused-ring (bicyclic) bond motifs is 2. The summed E-state index contributed by atoms with van der Waals surface area (Å²) < 4.78 is 9.80. The second-order valence-electron chi connectivity index (χ2n) is 3.19. The number of hydrogen-bond acceptors (Lipinski definition) is 8. The monoisotopic (exact) mass is 268 g/mol. The van der Waals surface area contributed by atoms with Crippen molar-refractivity contribution in [3.05, 3.63) is 11.4 Å². The molecule has 3 heterocycles. The molecule has 0 saturated carbocycles. The van der Waals surface area contributed by atoms with Gasteiger partial charge in [0.05, 0.1) is 0 Å². The molecular weight excluding hydrogens is 264 g/mol. The Morgan fingerprint density at radius 1 is 1.29 bits per heavy atom. The van der Waals surface area contributed by atoms with Crippen LogP contribution in [0.4, 0.5) is 0 Å². The van der Waals surface area contributed by atoms with Gasteiger partial charge in [-0.05, 0) is 18.5 Å². The van der Waals surface area contributed by atoms with Gasteiger partial charge in [-0.25, -0.2) is 14.8 Å². The Kier molecular flexibility index (Phi) is 2.10. The second-order valence-corrected chi connectivity index (χ2v) is 4.34. The van der Waals surface area contributed by atoms with E-state index >= 15 is 0 Å². The van der Waals surface area contributed by atoms with E-state index in [2.05, 4.69) is 9.97 Å². The summed E-state index contributed by atoms with van der Waals surface area (Å²) in [4.78, 5) is 19.5. The molecule has 6 nitrogen and oxygen atoms in total. The highest BCUT2D eigenvalue weighted by Crippen LogP contribution is 2.35. The van der Waals surface area contributed by atoms with Crippen LogP contribution in [0.5, 0.6) is 5.95 Å². The third-order valence-electron chi connectivity index (χ3n) is 2.24. The predicted molar refractivity (Wildman–Crippen MR) is 62.4 cm³/mol. The van der Waals surface area contributed by atoms with E-state index in [0.717, 1.165) is 0 Å². The molecule has 1 aliphatic heterocycles. The molecule has 86 valence electrons. The highest BCUT2D eigenvalue weighted by atomic mass is 32.2. The molecule has 0 atom stereocenters. The number of cyclic esters (lactones) is 1. The van der Waals surface area contributed by atoms with Crippen molar-refractivity contribution in [2.45, 2.75) is 5.09 Å². The standard InChI is InChI=1S/C9H4N2O4S2/c1-17-9-5-3(7(13)15-9)10-4-2(11-5)6(12)14-8(4)16/h13H,1H3. The zero-order valence-corrected chi connectivity index (χ0v) is 10.0. The topological polar surface area (TPSA) is 85.5 Å². The number of nitrogens with zero attached hydrogens (tertiary/aromatic N) is 2. The van der Waals surface area contributed by atoms with Crippen molar-refractivity contribution >= 4 is 46.0 Å². The minimum Gasteiger partial charge on any atom is -0.479 e. The van der Waals surface area contributed by atoms with Crippen LogP contribution in [-0.2, 0) is 4.74 Å². The van der Waals surface area contributed by atoms with E-state index in [0.29, 0.717) is 10.6 Å². The summed E-state index contributed by atoms with van der Waals surface area (Å²) in [5.74, 6) is -0.978. The second kappa shape index (κ2) is 3.41. The maximum absolute atomic E-state index is 11.4. The average Bonchev–Trinajstić information content (AvgIpc) is 2.77. The summed E-state index contributed by atoms with van der Waals surface area (Å²) in [5, 5.41) is 9.91. The molecule has 0 radical (unpaired) electrons. The number of furan rings is 1. The Labute approximate surface area is 104 Å². The minimum atomic E-state index is -0.632. The number of thioether (sulfide) groups is 1. The van der Waals surface area contributed by atoms with Crippen molar-refractivity contribution in [1.82, 2.24) is 9.97 Å². The number of rotatable bonds is 1. The Hall–Kier alpha value is -1.67. The van der Waals surface area contributed by atoms with Gasteiger partial charge in [0.15, 0.2) is 22.0 Å². The maximum Gasteiger partial charge on any atom is 0.365 e. The van der Waals surface area contributed by atoms with E-state index in [1.165, 1.54) is 11.8 Å². The molecule has 0 bridgehead atoms. The quantitative estimate of drug-likeness (QED) is 0.473. The van der Waals surface area contributed by atoms with Crippen LogP contribution in [0.2, 0.25) is 0 Å². The van der Waals surface area contributed by atoms with E-state index in [-0.39, 0.29) is 27.9 Å². The SMILES string of the molecule is CSc1oc(O)c2nc3c(nc12)C(=O)OC3=S. The Balaban J connectivity index is 2.40. The number of hydrogen-bond donors (Lipinski definition) is 1. The molecule has 0 unspecified atom stereocenters. The Morgan fingerprint density at radius 2 is 2.00 bits per heavy atom. The van der Waals surface area contributed by atoms with Crippen molar-refractivity contribution in [3.8, 4) is 5.95 Å². The van der Waals surface area contributed by atoms with E-state index in [9.17, 15) is 9.90 Å². The lowest BCUT2D eigenvalue weighted by Gasteiger charge is -1.93. The van der Waals surface area contributed by atoms with E-state index < -0.39 is 5.97 Å². The molecule has 0 aliphatic carbocycles. The minimum absolute atomic E-state index is 0.0364. The summed E-state index contributed by atoms with van der Waals surface area (Å²) >= 11 is 6.08. The van der Waals surface area contributed by atoms with Gasteiger partial charge in [-0.2, -0.15) is 0 Å². The lowest BCUT2D eigenvalue weighted by molar-refractivity contribution is 0.0737. The normalized spacial score (nSPS) is 14.2. The zero-order chi connectivity index (χ0) is 12.2. The van der Waals surface area contributed by atoms with E-state index in [4.69, 9.17) is 21.4 Å². The summed E-state index contributed by atoms with van der Waals surface area (Å²) in [6.45, 7) is 0. The lowest BCUT2D eigenvalue weighted by Crippen LogP contribution is -1.99. The Bertz CT molecular complexity index is 679. The largest absolute Gasteiger partial charge is 0.479 e. The van der Waals surface area contributed by atoms with Gasteiger partial charge >= 0.3 is 11.9 Å². The van der Waals surface area contributed by atoms with Gasteiger partial charge in [0.25, 0.3) is 0 Å². The maximum atomic E-state index is 11.4. The van der Waals surface area contributed by atoms with Gasteiger partial charge in [-0.1, -0.05) is 11.8 Å². The first-order chi connectivity index (χ1) is 8.11. The van der Waals surface area contributed by atoms with Crippen LogP contribution in [-0.4, -0.2) is 32.4 Å². The first kappa shape index (κ1) is 10.5. The average molecular weight is 268 g/mol. The summed E-state index contributed by atoms with van der Waals surface area (Å²) in [6, 6.07) is 0. The van der Waals surface area contributed by atoms with Crippen LogP contribution in [0, 0.1) is 0 Å². The van der Waals surface area contributed by atoms with E-state index in [1.807, 2.05) is 0 Å². The summed E-state index contributed by atoms with van der Waals surface area (Å²) in [6.07, 6.45) is 1.76. The van der Waals surface area contributed by atoms with E-state index in [1.54, 1.807) is 6.26 Å². The number of thiocarbonyl (C=S) groups is 1. The molecule has 17 heavy (non-hydrogen) atoms. The number of esters is 1. The first-order valence-electron chi connectivity index (χ1n) is 4.46. The highest BCUT2D eigenvalue weighted by molar-refractivity contribution is 7.98. The number of ether oxygens (including phenoxy) is 1. The molecule has 0 aromatic carbocycles. The van der Waals surface area contributed by atoms with Crippen LogP contribution in [0.3, 0.4) is 0 Å². The van der Waals surface area contributed by atoms with Crippen LogP contribution in [0.1, 0.15) is 16.2 Å². The molecule has 1 aliphatic rings. The van der Waals surface area contributed by atoms with Gasteiger partial charge in [0, 0.05) is 0 Å². The molecule has 0 amide bonds. The predicted octanol–water partition coefficient (Wildman–Crippen LogP) is 1.50.